The molecule has 1 amide bonds. The molecular formula is C20H25FN2O2. The summed E-state index contributed by atoms with van der Waals surface area (Å²) in [6.07, 6.45) is 5.13. The minimum Gasteiger partial charge on any atom is -0.361 e. The Morgan fingerprint density at radius 1 is 1.28 bits per heavy atom. The summed E-state index contributed by atoms with van der Waals surface area (Å²) in [6, 6.07) is 6.81. The highest BCUT2D eigenvalue weighted by Crippen LogP contribution is 2.23. The van der Waals surface area contributed by atoms with E-state index >= 15 is 0 Å². The molecule has 2 heterocycles. The third-order valence-electron chi connectivity index (χ3n) is 5.10. The molecule has 0 bridgehead atoms. The zero-order valence-electron chi connectivity index (χ0n) is 14.9. The molecule has 0 saturated carbocycles. The van der Waals surface area contributed by atoms with Gasteiger partial charge in [-0.3, -0.25) is 4.79 Å². The van der Waals surface area contributed by atoms with Crippen molar-refractivity contribution in [3.63, 3.8) is 0 Å². The van der Waals surface area contributed by atoms with E-state index in [1.165, 1.54) is 12.1 Å². The van der Waals surface area contributed by atoms with Crippen LogP contribution in [0.1, 0.15) is 48.3 Å². The fourth-order valence-corrected chi connectivity index (χ4v) is 3.67. The first-order chi connectivity index (χ1) is 12.0. The Hall–Kier alpha value is -2.17. The predicted molar refractivity (Wildman–Crippen MR) is 93.8 cm³/mol. The lowest BCUT2D eigenvalue weighted by Crippen LogP contribution is -2.45. The molecule has 5 heteroatoms. The molecular weight excluding hydrogens is 319 g/mol. The highest BCUT2D eigenvalue weighted by molar-refractivity contribution is 5.77. The van der Waals surface area contributed by atoms with Crippen LogP contribution in [-0.2, 0) is 17.6 Å². The van der Waals surface area contributed by atoms with Crippen molar-refractivity contribution in [2.24, 2.45) is 0 Å². The van der Waals surface area contributed by atoms with Gasteiger partial charge in [-0.1, -0.05) is 17.3 Å². The van der Waals surface area contributed by atoms with Gasteiger partial charge in [0, 0.05) is 24.6 Å². The van der Waals surface area contributed by atoms with E-state index in [1.54, 1.807) is 0 Å². The van der Waals surface area contributed by atoms with Gasteiger partial charge in [0.15, 0.2) is 0 Å². The first kappa shape index (κ1) is 17.6. The number of likely N-dealkylation sites (tertiary alicyclic amines) is 1. The summed E-state index contributed by atoms with van der Waals surface area (Å²) in [5.74, 6) is 0.762. The lowest BCUT2D eigenvalue weighted by atomic mass is 9.95. The minimum atomic E-state index is -0.222. The van der Waals surface area contributed by atoms with Crippen molar-refractivity contribution in [2.45, 2.75) is 58.4 Å². The van der Waals surface area contributed by atoms with Crippen molar-refractivity contribution >= 4 is 5.91 Å². The van der Waals surface area contributed by atoms with Crippen molar-refractivity contribution in [1.29, 1.82) is 0 Å². The van der Waals surface area contributed by atoms with Crippen LogP contribution in [0, 0.1) is 19.7 Å². The largest absolute Gasteiger partial charge is 0.361 e. The van der Waals surface area contributed by atoms with Gasteiger partial charge in [-0.15, -0.1) is 0 Å². The summed E-state index contributed by atoms with van der Waals surface area (Å²) >= 11 is 0. The van der Waals surface area contributed by atoms with Gasteiger partial charge in [-0.2, -0.15) is 0 Å². The maximum absolute atomic E-state index is 13.1. The second-order valence-electron chi connectivity index (χ2n) is 6.87. The Morgan fingerprint density at radius 2 is 2.04 bits per heavy atom. The van der Waals surface area contributed by atoms with Gasteiger partial charge >= 0.3 is 0 Å². The number of halogens is 1. The van der Waals surface area contributed by atoms with Gasteiger partial charge in [0.05, 0.1) is 5.69 Å². The van der Waals surface area contributed by atoms with E-state index in [-0.39, 0.29) is 17.8 Å². The van der Waals surface area contributed by atoms with E-state index in [0.29, 0.717) is 12.8 Å². The molecule has 3 rings (SSSR count). The lowest BCUT2D eigenvalue weighted by Gasteiger charge is -2.36. The molecule has 1 aliphatic heterocycles. The van der Waals surface area contributed by atoms with Crippen molar-refractivity contribution < 1.29 is 13.7 Å². The third kappa shape index (κ3) is 4.27. The fraction of sp³-hybridized carbons (Fsp3) is 0.500. The second-order valence-corrected chi connectivity index (χ2v) is 6.87. The molecule has 1 saturated heterocycles. The van der Waals surface area contributed by atoms with E-state index in [4.69, 9.17) is 4.52 Å². The monoisotopic (exact) mass is 344 g/mol. The molecule has 1 aromatic carbocycles. The number of carbonyl (C=O) groups excluding carboxylic acids is 1. The summed E-state index contributed by atoms with van der Waals surface area (Å²) in [5.41, 5.74) is 2.99. The smallest absolute Gasteiger partial charge is 0.223 e. The molecule has 1 fully saturated rings. The van der Waals surface area contributed by atoms with Crippen LogP contribution in [0.25, 0.3) is 0 Å². The van der Waals surface area contributed by atoms with Crippen molar-refractivity contribution in [2.75, 3.05) is 6.54 Å². The summed E-state index contributed by atoms with van der Waals surface area (Å²) in [6.45, 7) is 4.61. The van der Waals surface area contributed by atoms with E-state index in [0.717, 1.165) is 54.8 Å². The lowest BCUT2D eigenvalue weighted by molar-refractivity contribution is -0.134. The highest BCUT2D eigenvalue weighted by Gasteiger charge is 2.27. The van der Waals surface area contributed by atoms with Gasteiger partial charge in [0.2, 0.25) is 5.91 Å². The quantitative estimate of drug-likeness (QED) is 0.824. The molecule has 0 aliphatic carbocycles. The average Bonchev–Trinajstić information content (AvgIpc) is 2.93. The number of carbonyl (C=O) groups is 1. The van der Waals surface area contributed by atoms with E-state index in [2.05, 4.69) is 5.16 Å². The number of nitrogens with zero attached hydrogens (tertiary/aromatic N) is 2. The van der Waals surface area contributed by atoms with Gasteiger partial charge in [0.1, 0.15) is 11.6 Å². The van der Waals surface area contributed by atoms with Crippen LogP contribution in [0.5, 0.6) is 0 Å². The zero-order chi connectivity index (χ0) is 17.8. The molecule has 0 radical (unpaired) electrons. The normalized spacial score (nSPS) is 17.7. The summed E-state index contributed by atoms with van der Waals surface area (Å²) < 4.78 is 18.3. The molecule has 1 aromatic heterocycles. The van der Waals surface area contributed by atoms with E-state index in [9.17, 15) is 9.18 Å². The van der Waals surface area contributed by atoms with Gasteiger partial charge in [-0.05, 0) is 63.6 Å². The van der Waals surface area contributed by atoms with Crippen LogP contribution in [-0.4, -0.2) is 28.6 Å². The molecule has 1 atom stereocenters. The van der Waals surface area contributed by atoms with Crippen LogP contribution in [0.3, 0.4) is 0 Å². The second kappa shape index (κ2) is 7.81. The van der Waals surface area contributed by atoms with Crippen LogP contribution in [0.15, 0.2) is 28.8 Å². The number of aromatic nitrogens is 1. The average molecular weight is 344 g/mol. The maximum atomic E-state index is 13.1. The van der Waals surface area contributed by atoms with E-state index < -0.39 is 0 Å². The number of amides is 1. The molecule has 0 unspecified atom stereocenters. The third-order valence-corrected chi connectivity index (χ3v) is 5.10. The number of aryl methyl sites for hydroxylation is 2. The standard InChI is InChI=1S/C20H25FN2O2/c1-14-19(15(2)25-22-14)10-11-20(24)23-12-4-3-5-18(23)13-16-6-8-17(21)9-7-16/h6-9,18H,3-5,10-13H2,1-2H3/t18-/m0/s1. The number of hydrogen-bond donors (Lipinski definition) is 0. The van der Waals surface area contributed by atoms with E-state index in [1.807, 2.05) is 30.9 Å². The SMILES string of the molecule is Cc1noc(C)c1CCC(=O)N1CCCC[C@H]1Cc1ccc(F)cc1. The molecule has 0 spiro atoms. The summed E-state index contributed by atoms with van der Waals surface area (Å²) in [5, 5.41) is 3.95. The number of benzene rings is 1. The first-order valence-corrected chi connectivity index (χ1v) is 9.00. The molecule has 1 aliphatic rings. The van der Waals surface area contributed by atoms with Crippen LogP contribution in [0.4, 0.5) is 4.39 Å². The van der Waals surface area contributed by atoms with Gasteiger partial charge < -0.3 is 9.42 Å². The Kier molecular flexibility index (Phi) is 5.51. The maximum Gasteiger partial charge on any atom is 0.223 e. The molecule has 134 valence electrons. The number of piperidine rings is 1. The number of rotatable bonds is 5. The van der Waals surface area contributed by atoms with Gasteiger partial charge in [0.25, 0.3) is 0 Å². The summed E-state index contributed by atoms with van der Waals surface area (Å²) in [7, 11) is 0. The first-order valence-electron chi connectivity index (χ1n) is 9.00. The molecule has 0 N–H and O–H groups in total. The van der Waals surface area contributed by atoms with Crippen LogP contribution < -0.4 is 0 Å². The Morgan fingerprint density at radius 3 is 2.72 bits per heavy atom. The fourth-order valence-electron chi connectivity index (χ4n) is 3.67. The van der Waals surface area contributed by atoms with Crippen molar-refractivity contribution in [1.82, 2.24) is 10.1 Å². The van der Waals surface area contributed by atoms with Crippen molar-refractivity contribution in [3.8, 4) is 0 Å². The Bertz CT molecular complexity index is 704. The van der Waals surface area contributed by atoms with Gasteiger partial charge in [-0.25, -0.2) is 4.39 Å². The predicted octanol–water partition coefficient (Wildman–Crippen LogP) is 3.99. The van der Waals surface area contributed by atoms with Crippen molar-refractivity contribution in [3.05, 3.63) is 52.7 Å². The Labute approximate surface area is 148 Å². The molecule has 4 nitrogen and oxygen atoms in total. The zero-order valence-corrected chi connectivity index (χ0v) is 14.9. The minimum absolute atomic E-state index is 0.187. The summed E-state index contributed by atoms with van der Waals surface area (Å²) in [4.78, 5) is 14.8. The molecule has 2 aromatic rings. The topological polar surface area (TPSA) is 46.3 Å². The number of hydrogen-bond acceptors (Lipinski definition) is 3. The Balaban J connectivity index is 1.63. The highest BCUT2D eigenvalue weighted by atomic mass is 19.1. The van der Waals surface area contributed by atoms with Crippen LogP contribution in [0.2, 0.25) is 0 Å². The van der Waals surface area contributed by atoms with Crippen LogP contribution >= 0.6 is 0 Å². The molecule has 25 heavy (non-hydrogen) atoms.